The van der Waals surface area contributed by atoms with E-state index < -0.39 is 0 Å². The summed E-state index contributed by atoms with van der Waals surface area (Å²) in [6.45, 7) is 0. The summed E-state index contributed by atoms with van der Waals surface area (Å²) in [7, 11) is 0. The first kappa shape index (κ1) is 14.6. The Kier molecular flexibility index (Phi) is 3.75. The molecule has 0 aliphatic heterocycles. The van der Waals surface area contributed by atoms with Crippen molar-refractivity contribution < 1.29 is 4.74 Å². The molecule has 0 saturated heterocycles. The minimum Gasteiger partial charge on any atom is -0.456 e. The molecule has 3 nitrogen and oxygen atoms in total. The Balaban J connectivity index is 1.85. The summed E-state index contributed by atoms with van der Waals surface area (Å²) in [6.07, 6.45) is 3.51. The quantitative estimate of drug-likeness (QED) is 0.386. The lowest BCUT2D eigenvalue weighted by molar-refractivity contribution is 0.493. The van der Waals surface area contributed by atoms with Crippen LogP contribution in [0.25, 0.3) is 21.8 Å². The summed E-state index contributed by atoms with van der Waals surface area (Å²) < 4.78 is 8.16. The lowest BCUT2D eigenvalue weighted by Crippen LogP contribution is -1.90. The highest BCUT2D eigenvalue weighted by molar-refractivity contribution is 9.10. The summed E-state index contributed by atoms with van der Waals surface area (Å²) in [6, 6.07) is 15.7. The van der Waals surface area contributed by atoms with Gasteiger partial charge in [-0.15, -0.1) is 0 Å². The van der Waals surface area contributed by atoms with Crippen LogP contribution in [0.5, 0.6) is 11.5 Å². The molecule has 2 aromatic heterocycles. The molecule has 0 amide bonds. The number of hydrogen-bond donors (Lipinski definition) is 0. The van der Waals surface area contributed by atoms with E-state index in [9.17, 15) is 0 Å². The lowest BCUT2D eigenvalue weighted by atomic mass is 10.2. The smallest absolute Gasteiger partial charge is 0.138 e. The van der Waals surface area contributed by atoms with Gasteiger partial charge in [0.15, 0.2) is 0 Å². The summed E-state index contributed by atoms with van der Waals surface area (Å²) in [4.78, 5) is 8.78. The van der Waals surface area contributed by atoms with E-state index in [-0.39, 0.29) is 0 Å². The molecule has 0 aliphatic rings. The molecule has 0 atom stereocenters. The van der Waals surface area contributed by atoms with Crippen LogP contribution in [0.15, 0.2) is 69.9 Å². The Labute approximate surface area is 149 Å². The average Bonchev–Trinajstić information content (AvgIpc) is 2.54. The van der Waals surface area contributed by atoms with Gasteiger partial charge in [0.2, 0.25) is 0 Å². The molecule has 5 heteroatoms. The molecule has 0 spiro atoms. The molecule has 0 saturated carbocycles. The third-order valence-electron chi connectivity index (χ3n) is 3.55. The molecule has 2 aromatic carbocycles. The number of nitrogens with zero attached hydrogens (tertiary/aromatic N) is 2. The lowest BCUT2D eigenvalue weighted by Gasteiger charge is -2.11. The molecular weight excluding hydrogens is 420 g/mol. The monoisotopic (exact) mass is 428 g/mol. The average molecular weight is 430 g/mol. The van der Waals surface area contributed by atoms with Gasteiger partial charge in [-0.25, -0.2) is 0 Å². The first-order valence-corrected chi connectivity index (χ1v) is 8.56. The molecule has 0 bridgehead atoms. The standard InChI is InChI=1S/C18H10Br2N2O/c19-11-1-3-13-15(9-11)21-7-5-17(13)23-18-6-8-22-16-10-12(20)2-4-14(16)18/h1-10H. The normalized spacial score (nSPS) is 11.0. The van der Waals surface area contributed by atoms with E-state index in [1.54, 1.807) is 12.4 Å². The van der Waals surface area contributed by atoms with E-state index in [0.29, 0.717) is 0 Å². The van der Waals surface area contributed by atoms with Gasteiger partial charge in [-0.2, -0.15) is 0 Å². The van der Waals surface area contributed by atoms with Crippen molar-refractivity contribution in [2.24, 2.45) is 0 Å². The SMILES string of the molecule is Brc1ccc2c(Oc3ccnc4cc(Br)ccc34)ccnc2c1. The van der Waals surface area contributed by atoms with Crippen LogP contribution in [-0.4, -0.2) is 9.97 Å². The van der Waals surface area contributed by atoms with Gasteiger partial charge in [-0.1, -0.05) is 31.9 Å². The van der Waals surface area contributed by atoms with Gasteiger partial charge >= 0.3 is 0 Å². The predicted molar refractivity (Wildman–Crippen MR) is 99.0 cm³/mol. The molecule has 0 unspecified atom stereocenters. The van der Waals surface area contributed by atoms with Crippen molar-refractivity contribution in [2.75, 3.05) is 0 Å². The number of aromatic nitrogens is 2. The van der Waals surface area contributed by atoms with Crippen LogP contribution in [0, 0.1) is 0 Å². The molecule has 112 valence electrons. The molecule has 4 rings (SSSR count). The van der Waals surface area contributed by atoms with Gasteiger partial charge in [-0.05, 0) is 48.5 Å². The summed E-state index contributed by atoms with van der Waals surface area (Å²) in [5.41, 5.74) is 1.77. The van der Waals surface area contributed by atoms with Crippen molar-refractivity contribution in [2.45, 2.75) is 0 Å². The maximum absolute atomic E-state index is 6.17. The molecule has 23 heavy (non-hydrogen) atoms. The van der Waals surface area contributed by atoms with Crippen molar-refractivity contribution in [3.05, 3.63) is 69.9 Å². The highest BCUT2D eigenvalue weighted by atomic mass is 79.9. The van der Waals surface area contributed by atoms with Crippen LogP contribution in [-0.2, 0) is 0 Å². The molecule has 0 aliphatic carbocycles. The van der Waals surface area contributed by atoms with Crippen LogP contribution in [0.4, 0.5) is 0 Å². The van der Waals surface area contributed by atoms with E-state index in [0.717, 1.165) is 42.3 Å². The first-order valence-electron chi connectivity index (χ1n) is 6.97. The highest BCUT2D eigenvalue weighted by Crippen LogP contribution is 2.34. The van der Waals surface area contributed by atoms with Gasteiger partial charge in [0.05, 0.1) is 11.0 Å². The maximum Gasteiger partial charge on any atom is 0.138 e. The Bertz CT molecular complexity index is 951. The zero-order valence-electron chi connectivity index (χ0n) is 11.8. The van der Waals surface area contributed by atoms with Gasteiger partial charge in [0.25, 0.3) is 0 Å². The fourth-order valence-corrected chi connectivity index (χ4v) is 3.18. The van der Waals surface area contributed by atoms with Crippen LogP contribution < -0.4 is 4.74 Å². The summed E-state index contributed by atoms with van der Waals surface area (Å²) in [5.74, 6) is 1.55. The molecule has 2 heterocycles. The van der Waals surface area contributed by atoms with Crippen LogP contribution >= 0.6 is 31.9 Å². The fourth-order valence-electron chi connectivity index (χ4n) is 2.49. The molecule has 0 N–H and O–H groups in total. The highest BCUT2D eigenvalue weighted by Gasteiger charge is 2.08. The number of pyridine rings is 2. The molecule has 4 aromatic rings. The second kappa shape index (κ2) is 5.91. The first-order chi connectivity index (χ1) is 11.2. The van der Waals surface area contributed by atoms with Crippen molar-refractivity contribution in [3.63, 3.8) is 0 Å². The third-order valence-corrected chi connectivity index (χ3v) is 4.54. The minimum atomic E-state index is 0.776. The van der Waals surface area contributed by atoms with Crippen LogP contribution in [0.2, 0.25) is 0 Å². The molecular formula is C18H10Br2N2O. The minimum absolute atomic E-state index is 0.776. The molecule has 0 fully saturated rings. The zero-order chi connectivity index (χ0) is 15.8. The second-order valence-electron chi connectivity index (χ2n) is 5.04. The van der Waals surface area contributed by atoms with Crippen LogP contribution in [0.1, 0.15) is 0 Å². The van der Waals surface area contributed by atoms with E-state index in [2.05, 4.69) is 41.8 Å². The van der Waals surface area contributed by atoms with E-state index in [4.69, 9.17) is 4.74 Å². The Morgan fingerprint density at radius 2 is 1.13 bits per heavy atom. The Hall–Kier alpha value is -1.98. The van der Waals surface area contributed by atoms with Gasteiger partial charge in [0.1, 0.15) is 11.5 Å². The number of fused-ring (bicyclic) bond motifs is 2. The Morgan fingerprint density at radius 1 is 0.652 bits per heavy atom. The largest absolute Gasteiger partial charge is 0.456 e. The van der Waals surface area contributed by atoms with Gasteiger partial charge < -0.3 is 4.74 Å². The number of ether oxygens (including phenoxy) is 1. The topological polar surface area (TPSA) is 35.0 Å². The van der Waals surface area contributed by atoms with E-state index >= 15 is 0 Å². The van der Waals surface area contributed by atoms with Crippen molar-refractivity contribution in [1.29, 1.82) is 0 Å². The summed E-state index contributed by atoms with van der Waals surface area (Å²) >= 11 is 6.94. The summed E-state index contributed by atoms with van der Waals surface area (Å²) in [5, 5.41) is 1.94. The van der Waals surface area contributed by atoms with Crippen molar-refractivity contribution in [1.82, 2.24) is 9.97 Å². The number of rotatable bonds is 2. The zero-order valence-corrected chi connectivity index (χ0v) is 15.0. The number of hydrogen-bond acceptors (Lipinski definition) is 3. The number of benzene rings is 2. The predicted octanol–water partition coefficient (Wildman–Crippen LogP) is 6.10. The Morgan fingerprint density at radius 3 is 1.61 bits per heavy atom. The van der Waals surface area contributed by atoms with E-state index in [1.165, 1.54) is 0 Å². The third kappa shape index (κ3) is 2.82. The number of halogens is 2. The van der Waals surface area contributed by atoms with Crippen molar-refractivity contribution in [3.8, 4) is 11.5 Å². The maximum atomic E-state index is 6.17. The second-order valence-corrected chi connectivity index (χ2v) is 6.87. The molecule has 0 radical (unpaired) electrons. The van der Waals surface area contributed by atoms with Crippen molar-refractivity contribution >= 4 is 53.7 Å². The fraction of sp³-hybridized carbons (Fsp3) is 0. The van der Waals surface area contributed by atoms with Gasteiger partial charge in [0, 0.05) is 32.1 Å². The van der Waals surface area contributed by atoms with E-state index in [1.807, 2.05) is 48.5 Å². The van der Waals surface area contributed by atoms with Crippen LogP contribution in [0.3, 0.4) is 0 Å². The van der Waals surface area contributed by atoms with Gasteiger partial charge in [-0.3, -0.25) is 9.97 Å².